The first-order chi connectivity index (χ1) is 9.25. The van der Waals surface area contributed by atoms with E-state index in [2.05, 4.69) is 43.8 Å². The van der Waals surface area contributed by atoms with Crippen molar-refractivity contribution in [1.82, 2.24) is 5.06 Å². The lowest BCUT2D eigenvalue weighted by Gasteiger charge is -2.27. The molecule has 1 atom stereocenters. The second-order valence-electron chi connectivity index (χ2n) is 4.80. The van der Waals surface area contributed by atoms with Gasteiger partial charge in [0.2, 0.25) is 0 Å². The largest absolute Gasteiger partial charge is 0.385 e. The molecule has 1 heterocycles. The van der Waals surface area contributed by atoms with Crippen molar-refractivity contribution in [3.8, 4) is 0 Å². The van der Waals surface area contributed by atoms with Crippen LogP contribution >= 0.6 is 0 Å². The molecule has 0 N–H and O–H groups in total. The Balaban J connectivity index is 1.70. The topological polar surface area (TPSA) is 12.5 Å². The Morgan fingerprint density at radius 1 is 1.26 bits per heavy atom. The highest BCUT2D eigenvalue weighted by Crippen LogP contribution is 2.15. The maximum Gasteiger partial charge on any atom is 0.125 e. The Kier molecular flexibility index (Phi) is 4.85. The molecule has 0 fully saturated rings. The van der Waals surface area contributed by atoms with Crippen LogP contribution in [0.2, 0.25) is 0 Å². The Morgan fingerprint density at radius 2 is 2.05 bits per heavy atom. The summed E-state index contributed by atoms with van der Waals surface area (Å²) in [7, 11) is 0. The minimum atomic E-state index is 0.260. The van der Waals surface area contributed by atoms with E-state index >= 15 is 0 Å². The van der Waals surface area contributed by atoms with Crippen LogP contribution in [0.3, 0.4) is 0 Å². The van der Waals surface area contributed by atoms with Crippen molar-refractivity contribution < 1.29 is 4.84 Å². The lowest BCUT2D eigenvalue weighted by atomic mass is 10.1. The molecule has 1 unspecified atom stereocenters. The fraction of sp³-hybridized carbons (Fsp3) is 0.294. The average molecular weight is 255 g/mol. The van der Waals surface area contributed by atoms with E-state index in [1.165, 1.54) is 5.56 Å². The standard InChI is InChI=1S/C17H21NO/c1-15-9-6-7-14-18(15)19-16(2)10-8-13-17-11-4-3-5-12-17/h3-7,9,11-12,14-15H,2,8,10,13H2,1H3. The van der Waals surface area contributed by atoms with Gasteiger partial charge in [-0.15, -0.1) is 0 Å². The smallest absolute Gasteiger partial charge is 0.125 e. The fourth-order valence-electron chi connectivity index (χ4n) is 2.02. The van der Waals surface area contributed by atoms with Gasteiger partial charge in [-0.25, -0.2) is 5.06 Å². The molecule has 2 heteroatoms. The van der Waals surface area contributed by atoms with Crippen molar-refractivity contribution in [1.29, 1.82) is 0 Å². The molecule has 1 aromatic carbocycles. The zero-order chi connectivity index (χ0) is 13.5. The first-order valence-corrected chi connectivity index (χ1v) is 6.79. The Labute approximate surface area is 115 Å². The van der Waals surface area contributed by atoms with Gasteiger partial charge in [-0.05, 0) is 31.4 Å². The summed E-state index contributed by atoms with van der Waals surface area (Å²) in [6, 6.07) is 10.8. The monoisotopic (exact) mass is 255 g/mol. The van der Waals surface area contributed by atoms with Crippen LogP contribution in [0.4, 0.5) is 0 Å². The Bertz CT molecular complexity index is 461. The number of hydrogen-bond acceptors (Lipinski definition) is 2. The number of benzene rings is 1. The summed E-state index contributed by atoms with van der Waals surface area (Å²) in [5.41, 5.74) is 1.37. The van der Waals surface area contributed by atoms with Gasteiger partial charge in [-0.3, -0.25) is 0 Å². The molecule has 0 aromatic heterocycles. The Morgan fingerprint density at radius 3 is 2.79 bits per heavy atom. The first-order valence-electron chi connectivity index (χ1n) is 6.79. The third-order valence-electron chi connectivity index (χ3n) is 3.13. The van der Waals surface area contributed by atoms with Crippen LogP contribution in [-0.4, -0.2) is 11.1 Å². The number of nitrogens with zero attached hydrogens (tertiary/aromatic N) is 1. The molecule has 1 aliphatic rings. The number of rotatable bonds is 6. The van der Waals surface area contributed by atoms with Gasteiger partial charge in [0.25, 0.3) is 0 Å². The summed E-state index contributed by atoms with van der Waals surface area (Å²) in [6.07, 6.45) is 11.0. The number of aryl methyl sites for hydroxylation is 1. The SMILES string of the molecule is C=C(CCCc1ccccc1)ON1C=CC=CC1C. The minimum Gasteiger partial charge on any atom is -0.385 e. The average Bonchev–Trinajstić information content (AvgIpc) is 2.43. The molecule has 0 aliphatic carbocycles. The number of allylic oxidation sites excluding steroid dienone is 3. The van der Waals surface area contributed by atoms with Gasteiger partial charge >= 0.3 is 0 Å². The van der Waals surface area contributed by atoms with Crippen molar-refractivity contribution in [2.45, 2.75) is 32.2 Å². The van der Waals surface area contributed by atoms with E-state index in [1.54, 1.807) is 0 Å². The molecule has 0 saturated carbocycles. The van der Waals surface area contributed by atoms with Gasteiger partial charge in [0.05, 0.1) is 6.04 Å². The highest BCUT2D eigenvalue weighted by molar-refractivity contribution is 5.14. The third-order valence-corrected chi connectivity index (χ3v) is 3.13. The molecular formula is C17H21NO. The molecule has 0 radical (unpaired) electrons. The van der Waals surface area contributed by atoms with Gasteiger partial charge in [0.15, 0.2) is 0 Å². The molecule has 0 bridgehead atoms. The molecular weight excluding hydrogens is 234 g/mol. The number of hydroxylamine groups is 2. The summed E-state index contributed by atoms with van der Waals surface area (Å²) in [5.74, 6) is 0.822. The summed E-state index contributed by atoms with van der Waals surface area (Å²) < 4.78 is 0. The maximum atomic E-state index is 5.74. The zero-order valence-electron chi connectivity index (χ0n) is 11.5. The Hall–Kier alpha value is -1.96. The third kappa shape index (κ3) is 4.32. The maximum absolute atomic E-state index is 5.74. The predicted molar refractivity (Wildman–Crippen MR) is 79.2 cm³/mol. The van der Waals surface area contributed by atoms with E-state index < -0.39 is 0 Å². The minimum absolute atomic E-state index is 0.260. The van der Waals surface area contributed by atoms with E-state index in [0.717, 1.165) is 25.0 Å². The van der Waals surface area contributed by atoms with Gasteiger partial charge in [0, 0.05) is 12.6 Å². The lowest BCUT2D eigenvalue weighted by molar-refractivity contribution is -0.0955. The van der Waals surface area contributed by atoms with Crippen molar-refractivity contribution >= 4 is 0 Å². The van der Waals surface area contributed by atoms with E-state index in [4.69, 9.17) is 4.84 Å². The number of hydrogen-bond donors (Lipinski definition) is 0. The molecule has 0 saturated heterocycles. The second-order valence-corrected chi connectivity index (χ2v) is 4.80. The van der Waals surface area contributed by atoms with E-state index in [1.807, 2.05) is 29.5 Å². The fourth-order valence-corrected chi connectivity index (χ4v) is 2.02. The summed E-state index contributed by atoms with van der Waals surface area (Å²) in [6.45, 7) is 6.09. The molecule has 100 valence electrons. The molecule has 19 heavy (non-hydrogen) atoms. The summed E-state index contributed by atoms with van der Waals surface area (Å²) in [4.78, 5) is 5.74. The highest BCUT2D eigenvalue weighted by Gasteiger charge is 2.11. The predicted octanol–water partition coefficient (Wildman–Crippen LogP) is 4.23. The molecule has 0 amide bonds. The van der Waals surface area contributed by atoms with Gasteiger partial charge in [0.1, 0.15) is 5.76 Å². The lowest BCUT2D eigenvalue weighted by Crippen LogP contribution is -2.27. The summed E-state index contributed by atoms with van der Waals surface area (Å²) >= 11 is 0. The van der Waals surface area contributed by atoms with Crippen LogP contribution in [0.25, 0.3) is 0 Å². The van der Waals surface area contributed by atoms with Crippen molar-refractivity contribution in [3.05, 3.63) is 72.7 Å². The quantitative estimate of drug-likeness (QED) is 0.705. The van der Waals surface area contributed by atoms with Crippen molar-refractivity contribution in [3.63, 3.8) is 0 Å². The van der Waals surface area contributed by atoms with Crippen LogP contribution in [0.5, 0.6) is 0 Å². The molecule has 1 aromatic rings. The van der Waals surface area contributed by atoms with Gasteiger partial charge in [-0.1, -0.05) is 49.1 Å². The first kappa shape index (κ1) is 13.5. The van der Waals surface area contributed by atoms with Crippen LogP contribution in [0, 0.1) is 0 Å². The zero-order valence-corrected chi connectivity index (χ0v) is 11.5. The summed E-state index contributed by atoms with van der Waals surface area (Å²) in [5, 5.41) is 1.84. The van der Waals surface area contributed by atoms with Crippen LogP contribution in [0.1, 0.15) is 25.3 Å². The van der Waals surface area contributed by atoms with Crippen molar-refractivity contribution in [2.75, 3.05) is 0 Å². The molecule has 2 nitrogen and oxygen atoms in total. The second kappa shape index (κ2) is 6.83. The van der Waals surface area contributed by atoms with Crippen molar-refractivity contribution in [2.24, 2.45) is 0 Å². The van der Waals surface area contributed by atoms with Crippen LogP contribution in [-0.2, 0) is 11.3 Å². The van der Waals surface area contributed by atoms with E-state index in [-0.39, 0.29) is 6.04 Å². The van der Waals surface area contributed by atoms with Gasteiger partial charge in [-0.2, -0.15) is 0 Å². The van der Waals surface area contributed by atoms with Gasteiger partial charge < -0.3 is 4.84 Å². The molecule has 2 rings (SSSR count). The van der Waals surface area contributed by atoms with E-state index in [9.17, 15) is 0 Å². The van der Waals surface area contributed by atoms with E-state index in [0.29, 0.717) is 0 Å². The normalized spacial score (nSPS) is 17.5. The molecule has 1 aliphatic heterocycles. The van der Waals surface area contributed by atoms with Crippen LogP contribution < -0.4 is 0 Å². The molecule has 0 spiro atoms. The van der Waals surface area contributed by atoms with Crippen LogP contribution in [0.15, 0.2) is 67.1 Å². The highest BCUT2D eigenvalue weighted by atomic mass is 16.7.